The van der Waals surface area contributed by atoms with Crippen molar-refractivity contribution < 1.29 is 0 Å². The Labute approximate surface area is 102 Å². The van der Waals surface area contributed by atoms with E-state index in [0.717, 1.165) is 11.0 Å². The monoisotopic (exact) mass is 243 g/mol. The molecule has 2 aromatic heterocycles. The maximum atomic E-state index is 12.3. The van der Waals surface area contributed by atoms with Crippen LogP contribution in [0.4, 0.5) is 0 Å². The van der Waals surface area contributed by atoms with Gasteiger partial charge in [-0.05, 0) is 12.1 Å². The van der Waals surface area contributed by atoms with Gasteiger partial charge in [0.15, 0.2) is 0 Å². The van der Waals surface area contributed by atoms with Gasteiger partial charge < -0.3 is 4.57 Å². The molecule has 0 unspecified atom stereocenters. The first-order chi connectivity index (χ1) is 8.65. The molecule has 1 aromatic carbocycles. The molecule has 0 spiro atoms. The van der Waals surface area contributed by atoms with Crippen LogP contribution in [0.2, 0.25) is 0 Å². The van der Waals surface area contributed by atoms with Crippen LogP contribution in [0.25, 0.3) is 16.8 Å². The maximum Gasteiger partial charge on any atom is 0.338 e. The molecule has 2 heterocycles. The van der Waals surface area contributed by atoms with Gasteiger partial charge in [-0.1, -0.05) is 12.1 Å². The topological polar surface area (TPSA) is 56.6 Å². The second-order valence-electron chi connectivity index (χ2n) is 4.16. The van der Waals surface area contributed by atoms with E-state index in [2.05, 4.69) is 9.98 Å². The molecule has 0 N–H and O–H groups in total. The molecule has 18 heavy (non-hydrogen) atoms. The number of nitrogens with zero attached hydrogens (tertiary/aromatic N) is 5. The highest BCUT2D eigenvalue weighted by Gasteiger charge is 2.12. The highest BCUT2D eigenvalue weighted by molar-refractivity contribution is 5.80. The van der Waals surface area contributed by atoms with Crippen molar-refractivity contribution in [1.29, 1.82) is 0 Å². The Morgan fingerprint density at radius 2 is 1.78 bits per heavy atom. The van der Waals surface area contributed by atoms with Crippen molar-refractivity contribution in [1.82, 2.24) is 18.5 Å². The van der Waals surface area contributed by atoms with Gasteiger partial charge in [-0.15, -0.1) is 0 Å². The average Bonchev–Trinajstić information content (AvgIpc) is 2.68. The quantitative estimate of drug-likeness (QED) is 0.560. The number of aromatic nitrogens is 4. The van der Waals surface area contributed by atoms with Gasteiger partial charge in [0.05, 0.1) is 11.0 Å². The largest absolute Gasteiger partial charge is 0.338 e. The van der Waals surface area contributed by atoms with E-state index in [1.807, 2.05) is 35.9 Å². The van der Waals surface area contributed by atoms with Gasteiger partial charge in [-0.3, -0.25) is 9.56 Å². The van der Waals surface area contributed by atoms with E-state index in [1.165, 1.54) is 4.57 Å². The van der Waals surface area contributed by atoms with Crippen LogP contribution < -0.4 is 11.3 Å². The van der Waals surface area contributed by atoms with Crippen molar-refractivity contribution in [2.45, 2.75) is 0 Å². The van der Waals surface area contributed by atoms with E-state index >= 15 is 0 Å². The van der Waals surface area contributed by atoms with Gasteiger partial charge in [-0.25, -0.2) is 9.20 Å². The number of aryl methyl sites for hydroxylation is 1. The lowest BCUT2D eigenvalue weighted by Crippen LogP contribution is -2.37. The van der Waals surface area contributed by atoms with Crippen LogP contribution in [0.15, 0.2) is 34.1 Å². The summed E-state index contributed by atoms with van der Waals surface area (Å²) in [5.74, 6) is 0.597. The Balaban J connectivity index is 2.75. The summed E-state index contributed by atoms with van der Waals surface area (Å²) in [6, 6.07) is 7.73. The average molecular weight is 243 g/mol. The molecule has 6 nitrogen and oxygen atoms in total. The zero-order valence-electron chi connectivity index (χ0n) is 10.5. The Morgan fingerprint density at radius 1 is 1.11 bits per heavy atom. The number of hydrogen-bond donors (Lipinski definition) is 0. The minimum Gasteiger partial charge on any atom is -0.312 e. The number of para-hydroxylation sites is 2. The highest BCUT2D eigenvalue weighted by atomic mass is 16.1. The molecule has 0 aliphatic heterocycles. The molecular weight excluding hydrogens is 230 g/mol. The zero-order chi connectivity index (χ0) is 12.9. The smallest absolute Gasteiger partial charge is 0.312 e. The van der Waals surface area contributed by atoms with Crippen molar-refractivity contribution in [2.75, 3.05) is 7.05 Å². The van der Waals surface area contributed by atoms with Crippen LogP contribution in [0.5, 0.6) is 0 Å². The van der Waals surface area contributed by atoms with Crippen molar-refractivity contribution in [3.05, 3.63) is 40.4 Å². The summed E-state index contributed by atoms with van der Waals surface area (Å²) in [7, 11) is 5.19. The van der Waals surface area contributed by atoms with E-state index in [1.54, 1.807) is 18.5 Å². The summed E-state index contributed by atoms with van der Waals surface area (Å²) in [5.41, 5.74) is 2.10. The van der Waals surface area contributed by atoms with Crippen molar-refractivity contribution in [3.63, 3.8) is 0 Å². The normalized spacial score (nSPS) is 12.7. The van der Waals surface area contributed by atoms with Crippen molar-refractivity contribution in [2.24, 2.45) is 19.1 Å². The Kier molecular flexibility index (Phi) is 2.13. The van der Waals surface area contributed by atoms with Crippen molar-refractivity contribution >= 4 is 16.8 Å². The molecule has 0 aliphatic rings. The van der Waals surface area contributed by atoms with Gasteiger partial charge in [0.25, 0.3) is 0 Å². The third kappa shape index (κ3) is 1.20. The number of hydrogen-bond acceptors (Lipinski definition) is 3. The van der Waals surface area contributed by atoms with Crippen LogP contribution in [0.3, 0.4) is 0 Å². The van der Waals surface area contributed by atoms with Crippen LogP contribution in [-0.2, 0) is 14.1 Å². The third-order valence-electron chi connectivity index (χ3n) is 3.16. The fraction of sp³-hybridized carbons (Fsp3) is 0.250. The Bertz CT molecular complexity index is 881. The SMILES string of the molecule is CN=c1nc2n(C)c3ccccc3n2c(=O)n1C. The Morgan fingerprint density at radius 3 is 2.44 bits per heavy atom. The van der Waals surface area contributed by atoms with Crippen LogP contribution >= 0.6 is 0 Å². The van der Waals surface area contributed by atoms with Crippen LogP contribution in [0, 0.1) is 0 Å². The predicted molar refractivity (Wildman–Crippen MR) is 68.4 cm³/mol. The molecule has 3 rings (SSSR count). The molecule has 3 aromatic rings. The summed E-state index contributed by atoms with van der Waals surface area (Å²) < 4.78 is 4.94. The van der Waals surface area contributed by atoms with Gasteiger partial charge in [0.1, 0.15) is 0 Å². The number of benzene rings is 1. The lowest BCUT2D eigenvalue weighted by molar-refractivity contribution is 0.692. The first-order valence-corrected chi connectivity index (χ1v) is 5.61. The first kappa shape index (κ1) is 10.8. The predicted octanol–water partition coefficient (Wildman–Crippen LogP) is 0.0552. The first-order valence-electron chi connectivity index (χ1n) is 5.61. The van der Waals surface area contributed by atoms with Crippen molar-refractivity contribution in [3.8, 4) is 0 Å². The van der Waals surface area contributed by atoms with Gasteiger partial charge in [0, 0.05) is 21.1 Å². The molecule has 0 saturated carbocycles. The molecule has 6 heteroatoms. The highest BCUT2D eigenvalue weighted by Crippen LogP contribution is 2.15. The fourth-order valence-electron chi connectivity index (χ4n) is 2.22. The molecule has 0 fully saturated rings. The Hall–Kier alpha value is -2.37. The zero-order valence-corrected chi connectivity index (χ0v) is 10.5. The lowest BCUT2D eigenvalue weighted by atomic mass is 10.3. The van der Waals surface area contributed by atoms with E-state index in [4.69, 9.17) is 0 Å². The molecule has 0 atom stereocenters. The standard InChI is InChI=1S/C12H13N5O/c1-13-10-14-11-15(2)8-6-4-5-7-9(8)17(11)12(18)16(10)3/h4-7H,1-3H3. The van der Waals surface area contributed by atoms with E-state index in [0.29, 0.717) is 11.4 Å². The molecule has 0 radical (unpaired) electrons. The van der Waals surface area contributed by atoms with Gasteiger partial charge >= 0.3 is 5.69 Å². The summed E-state index contributed by atoms with van der Waals surface area (Å²) in [6.07, 6.45) is 0. The van der Waals surface area contributed by atoms with Gasteiger partial charge in [-0.2, -0.15) is 4.98 Å². The molecule has 0 saturated heterocycles. The summed E-state index contributed by atoms with van der Waals surface area (Å²) in [4.78, 5) is 20.8. The number of rotatable bonds is 0. The lowest BCUT2D eigenvalue weighted by Gasteiger charge is -2.00. The summed E-state index contributed by atoms with van der Waals surface area (Å²) in [5, 5.41) is 0. The fourth-order valence-corrected chi connectivity index (χ4v) is 2.22. The minimum atomic E-state index is -0.141. The molecule has 0 amide bonds. The van der Waals surface area contributed by atoms with E-state index in [9.17, 15) is 4.79 Å². The maximum absolute atomic E-state index is 12.3. The third-order valence-corrected chi connectivity index (χ3v) is 3.16. The van der Waals surface area contributed by atoms with E-state index in [-0.39, 0.29) is 5.69 Å². The van der Waals surface area contributed by atoms with Crippen LogP contribution in [0.1, 0.15) is 0 Å². The van der Waals surface area contributed by atoms with E-state index < -0.39 is 0 Å². The molecule has 0 aliphatic carbocycles. The second kappa shape index (κ2) is 3.56. The summed E-state index contributed by atoms with van der Waals surface area (Å²) >= 11 is 0. The number of fused-ring (bicyclic) bond motifs is 3. The molecule has 92 valence electrons. The van der Waals surface area contributed by atoms with Gasteiger partial charge in [0.2, 0.25) is 11.4 Å². The number of imidazole rings is 1. The van der Waals surface area contributed by atoms with Crippen LogP contribution in [-0.4, -0.2) is 25.6 Å². The summed E-state index contributed by atoms with van der Waals surface area (Å²) in [6.45, 7) is 0. The molecular formula is C12H13N5O. The molecule has 0 bridgehead atoms. The second-order valence-corrected chi connectivity index (χ2v) is 4.16. The minimum absolute atomic E-state index is 0.141.